The van der Waals surface area contributed by atoms with Gasteiger partial charge in [-0.15, -0.1) is 12.4 Å². The zero-order valence-corrected chi connectivity index (χ0v) is 14.4. The second-order valence-corrected chi connectivity index (χ2v) is 5.90. The second kappa shape index (κ2) is 8.49. The van der Waals surface area contributed by atoms with Gasteiger partial charge in [-0.25, -0.2) is 4.79 Å². The van der Waals surface area contributed by atoms with Gasteiger partial charge in [0.15, 0.2) is 0 Å². The summed E-state index contributed by atoms with van der Waals surface area (Å²) >= 11 is 6.05. The van der Waals surface area contributed by atoms with Gasteiger partial charge >= 0.3 is 5.97 Å². The molecule has 3 N–H and O–H groups in total. The third-order valence-electron chi connectivity index (χ3n) is 3.23. The number of nitrogens with one attached hydrogen (secondary N) is 2. The van der Waals surface area contributed by atoms with Crippen LogP contribution in [0.4, 0.5) is 5.69 Å². The minimum atomic E-state index is -0.529. The molecular weight excluding hydrogens is 343 g/mol. The van der Waals surface area contributed by atoms with Crippen LogP contribution in [0.2, 0.25) is 5.02 Å². The average molecular weight is 363 g/mol. The fourth-order valence-corrected chi connectivity index (χ4v) is 2.33. The fraction of sp³-hybridized carbons (Fsp3) is 0.467. The van der Waals surface area contributed by atoms with Crippen molar-refractivity contribution in [2.45, 2.75) is 38.5 Å². The number of halogens is 2. The van der Waals surface area contributed by atoms with E-state index in [0.29, 0.717) is 29.2 Å². The van der Waals surface area contributed by atoms with E-state index in [1.54, 1.807) is 19.9 Å². The van der Waals surface area contributed by atoms with Crippen molar-refractivity contribution >= 4 is 41.6 Å². The van der Waals surface area contributed by atoms with Crippen LogP contribution in [0, 0.1) is 0 Å². The van der Waals surface area contributed by atoms with Gasteiger partial charge in [0, 0.05) is 6.54 Å². The van der Waals surface area contributed by atoms with Crippen LogP contribution in [-0.2, 0) is 9.53 Å². The van der Waals surface area contributed by atoms with Crippen molar-refractivity contribution < 1.29 is 19.4 Å². The molecule has 128 valence electrons. The first-order chi connectivity index (χ1) is 10.4. The van der Waals surface area contributed by atoms with Gasteiger partial charge in [-0.3, -0.25) is 4.79 Å². The van der Waals surface area contributed by atoms with E-state index in [0.717, 1.165) is 0 Å². The maximum Gasteiger partial charge on any atom is 0.338 e. The molecule has 0 radical (unpaired) electrons. The van der Waals surface area contributed by atoms with Crippen LogP contribution >= 0.6 is 24.0 Å². The molecule has 1 aromatic rings. The summed E-state index contributed by atoms with van der Waals surface area (Å²) in [5.41, 5.74) is 0.654. The molecule has 23 heavy (non-hydrogen) atoms. The Morgan fingerprint density at radius 1 is 1.43 bits per heavy atom. The lowest BCUT2D eigenvalue weighted by molar-refractivity contribution is -0.117. The van der Waals surface area contributed by atoms with E-state index in [4.69, 9.17) is 16.3 Å². The van der Waals surface area contributed by atoms with Crippen molar-refractivity contribution in [3.63, 3.8) is 0 Å². The molecule has 1 aromatic carbocycles. The SMILES string of the molecule is CC(C)OC(=O)c1ccc(Cl)c(NC(=O)[C@@H]2C[C@@H](O)CN2)c1.Cl. The lowest BCUT2D eigenvalue weighted by Gasteiger charge is -2.14. The highest BCUT2D eigenvalue weighted by atomic mass is 35.5. The number of anilines is 1. The first-order valence-electron chi connectivity index (χ1n) is 7.09. The van der Waals surface area contributed by atoms with Gasteiger partial charge in [-0.1, -0.05) is 11.6 Å². The Morgan fingerprint density at radius 2 is 2.13 bits per heavy atom. The van der Waals surface area contributed by atoms with Crippen molar-refractivity contribution in [1.29, 1.82) is 0 Å². The number of β-amino-alcohol motifs (C(OH)–C–C–N with tert-alkyl or cyclic N) is 1. The Labute approximate surface area is 145 Å². The van der Waals surface area contributed by atoms with E-state index in [1.165, 1.54) is 12.1 Å². The number of hydrogen-bond donors (Lipinski definition) is 3. The highest BCUT2D eigenvalue weighted by Gasteiger charge is 2.28. The van der Waals surface area contributed by atoms with E-state index < -0.39 is 18.1 Å². The Bertz CT molecular complexity index is 581. The number of carbonyl (C=O) groups is 2. The molecule has 1 aliphatic rings. The summed E-state index contributed by atoms with van der Waals surface area (Å²) < 4.78 is 5.11. The standard InChI is InChI=1S/C15H19ClN2O4.ClH/c1-8(2)22-15(21)9-3-4-11(16)12(5-9)18-14(20)13-6-10(19)7-17-13;/h3-5,8,10,13,17,19H,6-7H2,1-2H3,(H,18,20);1H/t10-,13+;/m1./s1. The Balaban J connectivity index is 0.00000264. The average Bonchev–Trinajstić information content (AvgIpc) is 2.87. The molecule has 1 fully saturated rings. The summed E-state index contributed by atoms with van der Waals surface area (Å²) in [6.45, 7) is 3.90. The van der Waals surface area contributed by atoms with Gasteiger partial charge in [0.2, 0.25) is 5.91 Å². The number of carbonyl (C=O) groups excluding carboxylic acids is 2. The number of aliphatic hydroxyl groups is 1. The molecular formula is C15H20Cl2N2O4. The molecule has 8 heteroatoms. The van der Waals surface area contributed by atoms with Crippen LogP contribution in [0.25, 0.3) is 0 Å². The summed E-state index contributed by atoms with van der Waals surface area (Å²) in [7, 11) is 0. The summed E-state index contributed by atoms with van der Waals surface area (Å²) in [5.74, 6) is -0.774. The highest BCUT2D eigenvalue weighted by molar-refractivity contribution is 6.34. The van der Waals surface area contributed by atoms with Crippen molar-refractivity contribution in [1.82, 2.24) is 5.32 Å². The molecule has 0 aliphatic carbocycles. The molecule has 2 atom stereocenters. The van der Waals surface area contributed by atoms with Crippen molar-refractivity contribution in [3.8, 4) is 0 Å². The van der Waals surface area contributed by atoms with Crippen LogP contribution in [0.1, 0.15) is 30.6 Å². The molecule has 2 rings (SSSR count). The van der Waals surface area contributed by atoms with Gasteiger partial charge in [0.1, 0.15) is 0 Å². The molecule has 1 aliphatic heterocycles. The lowest BCUT2D eigenvalue weighted by Crippen LogP contribution is -2.35. The molecule has 0 aromatic heterocycles. The normalized spacial score (nSPS) is 20.0. The predicted octanol–water partition coefficient (Wildman–Crippen LogP) is 1.99. The minimum absolute atomic E-state index is 0. The second-order valence-electron chi connectivity index (χ2n) is 5.49. The zero-order valence-electron chi connectivity index (χ0n) is 12.8. The number of amides is 1. The molecule has 0 unspecified atom stereocenters. The van der Waals surface area contributed by atoms with Crippen LogP contribution in [0.5, 0.6) is 0 Å². The number of esters is 1. The Morgan fingerprint density at radius 3 is 2.70 bits per heavy atom. The van der Waals surface area contributed by atoms with Crippen LogP contribution in [-0.4, -0.2) is 41.8 Å². The number of aliphatic hydroxyl groups excluding tert-OH is 1. The first kappa shape index (κ1) is 19.7. The van der Waals surface area contributed by atoms with E-state index >= 15 is 0 Å². The molecule has 0 spiro atoms. The zero-order chi connectivity index (χ0) is 16.3. The van der Waals surface area contributed by atoms with Gasteiger partial charge in [-0.05, 0) is 38.5 Å². The molecule has 0 bridgehead atoms. The van der Waals surface area contributed by atoms with Crippen LogP contribution < -0.4 is 10.6 Å². The molecule has 1 heterocycles. The van der Waals surface area contributed by atoms with Crippen LogP contribution in [0.15, 0.2) is 18.2 Å². The van der Waals surface area contributed by atoms with Crippen molar-refractivity contribution in [2.24, 2.45) is 0 Å². The number of ether oxygens (including phenoxy) is 1. The molecule has 6 nitrogen and oxygen atoms in total. The third kappa shape index (κ3) is 5.35. The van der Waals surface area contributed by atoms with Crippen LogP contribution in [0.3, 0.4) is 0 Å². The predicted molar refractivity (Wildman–Crippen MR) is 90.3 cm³/mol. The maximum absolute atomic E-state index is 12.1. The highest BCUT2D eigenvalue weighted by Crippen LogP contribution is 2.24. The van der Waals surface area contributed by atoms with Gasteiger partial charge < -0.3 is 20.5 Å². The smallest absolute Gasteiger partial charge is 0.338 e. The van der Waals surface area contributed by atoms with Gasteiger partial charge in [-0.2, -0.15) is 0 Å². The van der Waals surface area contributed by atoms with E-state index in [1.807, 2.05) is 0 Å². The maximum atomic E-state index is 12.1. The lowest BCUT2D eigenvalue weighted by atomic mass is 10.1. The fourth-order valence-electron chi connectivity index (χ4n) is 2.17. The van der Waals surface area contributed by atoms with Crippen molar-refractivity contribution in [3.05, 3.63) is 28.8 Å². The van der Waals surface area contributed by atoms with E-state index in [2.05, 4.69) is 10.6 Å². The number of rotatable bonds is 4. The summed E-state index contributed by atoms with van der Waals surface area (Å²) in [6, 6.07) is 4.08. The molecule has 1 saturated heterocycles. The van der Waals surface area contributed by atoms with Crippen molar-refractivity contribution in [2.75, 3.05) is 11.9 Å². The molecule has 1 amide bonds. The summed E-state index contributed by atoms with van der Waals surface area (Å²) in [4.78, 5) is 24.0. The topological polar surface area (TPSA) is 87.7 Å². The monoisotopic (exact) mass is 362 g/mol. The summed E-state index contributed by atoms with van der Waals surface area (Å²) in [5, 5.41) is 15.3. The summed E-state index contributed by atoms with van der Waals surface area (Å²) in [6.07, 6.45) is -0.414. The minimum Gasteiger partial charge on any atom is -0.459 e. The third-order valence-corrected chi connectivity index (χ3v) is 3.56. The Kier molecular flexibility index (Phi) is 7.28. The Hall–Kier alpha value is -1.34. The number of benzene rings is 1. The van der Waals surface area contributed by atoms with Gasteiger partial charge in [0.25, 0.3) is 0 Å². The van der Waals surface area contributed by atoms with Gasteiger partial charge in [0.05, 0.1) is 34.5 Å². The quantitative estimate of drug-likeness (QED) is 0.712. The first-order valence-corrected chi connectivity index (χ1v) is 7.47. The number of hydrogen-bond acceptors (Lipinski definition) is 5. The van der Waals surface area contributed by atoms with E-state index in [9.17, 15) is 14.7 Å². The largest absolute Gasteiger partial charge is 0.459 e. The van der Waals surface area contributed by atoms with E-state index in [-0.39, 0.29) is 24.4 Å². The molecule has 0 saturated carbocycles.